The van der Waals surface area contributed by atoms with Crippen LogP contribution in [0.3, 0.4) is 0 Å². The minimum Gasteiger partial charge on any atom is -0.497 e. The Morgan fingerprint density at radius 2 is 1.82 bits per heavy atom. The average molecular weight is 551 g/mol. The Kier molecular flexibility index (Phi) is 8.68. The molecule has 0 spiro atoms. The fourth-order valence-corrected chi connectivity index (χ4v) is 6.12. The first-order valence-electron chi connectivity index (χ1n) is 13.2. The highest BCUT2D eigenvalue weighted by atomic mass is 32.1. The fourth-order valence-electron chi connectivity index (χ4n) is 5.19. The molecule has 39 heavy (non-hydrogen) atoms. The number of rotatable bonds is 10. The van der Waals surface area contributed by atoms with E-state index in [4.69, 9.17) is 18.9 Å². The Bertz CT molecular complexity index is 1290. The summed E-state index contributed by atoms with van der Waals surface area (Å²) in [4.78, 5) is 32.3. The molecule has 0 saturated carbocycles. The summed E-state index contributed by atoms with van der Waals surface area (Å²) in [6.07, 6.45) is 2.53. The molecule has 206 valence electrons. The van der Waals surface area contributed by atoms with Crippen molar-refractivity contribution < 1.29 is 28.5 Å². The van der Waals surface area contributed by atoms with E-state index in [0.717, 1.165) is 24.8 Å². The number of nitrogens with zero attached hydrogens (tertiary/aromatic N) is 2. The molecule has 2 aromatic carbocycles. The van der Waals surface area contributed by atoms with Crippen molar-refractivity contribution in [3.63, 3.8) is 0 Å². The normalized spacial score (nSPS) is 18.4. The van der Waals surface area contributed by atoms with Gasteiger partial charge in [-0.3, -0.25) is 9.59 Å². The number of hydrogen-bond acceptors (Lipinski definition) is 7. The molecule has 8 nitrogen and oxygen atoms in total. The smallest absolute Gasteiger partial charge is 0.254 e. The maximum Gasteiger partial charge on any atom is 0.254 e. The summed E-state index contributed by atoms with van der Waals surface area (Å²) in [5, 5.41) is 2.06. The molecule has 5 rings (SSSR count). The van der Waals surface area contributed by atoms with Gasteiger partial charge < -0.3 is 28.7 Å². The molecule has 0 aliphatic carbocycles. The predicted octanol–water partition coefficient (Wildman–Crippen LogP) is 4.59. The number of fused-ring (bicyclic) bond motifs is 1. The van der Waals surface area contributed by atoms with Crippen molar-refractivity contribution in [2.45, 2.75) is 31.4 Å². The molecule has 3 aromatic rings. The van der Waals surface area contributed by atoms with E-state index in [-0.39, 0.29) is 30.5 Å². The van der Waals surface area contributed by atoms with Crippen LogP contribution < -0.4 is 14.2 Å². The number of thiophene rings is 1. The van der Waals surface area contributed by atoms with Crippen LogP contribution in [0.4, 0.5) is 0 Å². The lowest BCUT2D eigenvalue weighted by Gasteiger charge is -2.37. The van der Waals surface area contributed by atoms with E-state index in [1.165, 1.54) is 4.88 Å². The van der Waals surface area contributed by atoms with Gasteiger partial charge in [-0.2, -0.15) is 0 Å². The first kappa shape index (κ1) is 27.0. The van der Waals surface area contributed by atoms with Crippen molar-refractivity contribution in [3.8, 4) is 17.2 Å². The molecule has 1 fully saturated rings. The van der Waals surface area contributed by atoms with Gasteiger partial charge >= 0.3 is 0 Å². The third-order valence-electron chi connectivity index (χ3n) is 7.24. The summed E-state index contributed by atoms with van der Waals surface area (Å²) in [5.41, 5.74) is 1.59. The summed E-state index contributed by atoms with van der Waals surface area (Å²) in [6, 6.07) is 16.3. The fraction of sp³-hybridized carbons (Fsp3) is 0.400. The quantitative estimate of drug-likeness (QED) is 0.368. The minimum atomic E-state index is -0.254. The molecular formula is C30H34N2O6S. The van der Waals surface area contributed by atoms with Gasteiger partial charge in [0.25, 0.3) is 5.91 Å². The topological polar surface area (TPSA) is 77.5 Å². The Morgan fingerprint density at radius 1 is 1.05 bits per heavy atom. The molecule has 0 bridgehead atoms. The maximum absolute atomic E-state index is 13.9. The van der Waals surface area contributed by atoms with Gasteiger partial charge in [-0.25, -0.2) is 0 Å². The van der Waals surface area contributed by atoms with Crippen LogP contribution in [0.5, 0.6) is 17.2 Å². The number of carbonyl (C=O) groups is 2. The van der Waals surface area contributed by atoms with Crippen molar-refractivity contribution in [2.75, 3.05) is 47.1 Å². The van der Waals surface area contributed by atoms with E-state index < -0.39 is 0 Å². The van der Waals surface area contributed by atoms with Gasteiger partial charge in [0.15, 0.2) is 0 Å². The molecule has 2 atom stereocenters. The standard InChI is InChI=1S/C30H34N2O6S/c1-35-22-7-3-6-21(16-22)30(34)31(18-25-10-5-14-37-25)19-29(33)32-13-11-28-26(12-15-39-28)27(32)20-38-24-9-4-8-23(17-24)36-2/h3-4,6-9,12,15-17,25,27H,5,10-11,13-14,18-20H2,1-2H3/t25-,27-/m1/s1. The van der Waals surface area contributed by atoms with Gasteiger partial charge in [0, 0.05) is 36.2 Å². The van der Waals surface area contributed by atoms with E-state index in [1.807, 2.05) is 29.2 Å². The average Bonchev–Trinajstić information content (AvgIpc) is 3.67. The summed E-state index contributed by atoms with van der Waals surface area (Å²) in [5.74, 6) is 1.66. The third-order valence-corrected chi connectivity index (χ3v) is 8.24. The zero-order valence-corrected chi connectivity index (χ0v) is 23.2. The molecule has 3 heterocycles. The highest BCUT2D eigenvalue weighted by Gasteiger charge is 2.34. The summed E-state index contributed by atoms with van der Waals surface area (Å²) in [6.45, 7) is 1.88. The zero-order valence-electron chi connectivity index (χ0n) is 22.3. The van der Waals surface area contributed by atoms with Gasteiger partial charge in [0.05, 0.1) is 26.4 Å². The van der Waals surface area contributed by atoms with Crippen LogP contribution in [0.1, 0.15) is 39.7 Å². The van der Waals surface area contributed by atoms with Crippen molar-refractivity contribution in [1.82, 2.24) is 9.80 Å². The molecule has 1 saturated heterocycles. The maximum atomic E-state index is 13.9. The molecule has 9 heteroatoms. The summed E-state index contributed by atoms with van der Waals surface area (Å²) in [7, 11) is 3.19. The van der Waals surface area contributed by atoms with Gasteiger partial charge in [-0.1, -0.05) is 12.1 Å². The molecule has 2 aliphatic rings. The lowest BCUT2D eigenvalue weighted by Crippen LogP contribution is -2.49. The largest absolute Gasteiger partial charge is 0.497 e. The van der Waals surface area contributed by atoms with Gasteiger partial charge in [0.2, 0.25) is 5.91 Å². The molecule has 0 unspecified atom stereocenters. The molecule has 2 amide bonds. The van der Waals surface area contributed by atoms with Crippen LogP contribution in [0, 0.1) is 0 Å². The second kappa shape index (κ2) is 12.5. The van der Waals surface area contributed by atoms with E-state index in [2.05, 4.69) is 11.4 Å². The summed E-state index contributed by atoms with van der Waals surface area (Å²) >= 11 is 1.71. The van der Waals surface area contributed by atoms with Gasteiger partial charge in [-0.05, 0) is 66.6 Å². The Morgan fingerprint density at radius 3 is 2.59 bits per heavy atom. The lowest BCUT2D eigenvalue weighted by molar-refractivity contribution is -0.135. The van der Waals surface area contributed by atoms with E-state index in [9.17, 15) is 9.59 Å². The third kappa shape index (κ3) is 6.37. The van der Waals surface area contributed by atoms with E-state index in [0.29, 0.717) is 49.1 Å². The van der Waals surface area contributed by atoms with Crippen LogP contribution in [0.2, 0.25) is 0 Å². The minimum absolute atomic E-state index is 0.0367. The highest BCUT2D eigenvalue weighted by Crippen LogP contribution is 2.34. The Hall–Kier alpha value is -3.56. The van der Waals surface area contributed by atoms with Crippen LogP contribution in [-0.4, -0.2) is 74.8 Å². The number of ether oxygens (including phenoxy) is 4. The number of carbonyl (C=O) groups excluding carboxylic acids is 2. The summed E-state index contributed by atoms with van der Waals surface area (Å²) < 4.78 is 22.6. The monoisotopic (exact) mass is 550 g/mol. The van der Waals surface area contributed by atoms with Crippen molar-refractivity contribution in [2.24, 2.45) is 0 Å². The second-order valence-electron chi connectivity index (χ2n) is 9.69. The van der Waals surface area contributed by atoms with E-state index in [1.54, 1.807) is 54.7 Å². The SMILES string of the molecule is COc1cccc(OC[C@@H]2c3ccsc3CCN2C(=O)CN(C[C@H]2CCCO2)C(=O)c2cccc(OC)c2)c1. The first-order chi connectivity index (χ1) is 19.1. The predicted molar refractivity (Wildman–Crippen MR) is 149 cm³/mol. The number of hydrogen-bond donors (Lipinski definition) is 0. The van der Waals surface area contributed by atoms with Crippen LogP contribution >= 0.6 is 11.3 Å². The number of benzene rings is 2. The zero-order chi connectivity index (χ0) is 27.2. The van der Waals surface area contributed by atoms with E-state index >= 15 is 0 Å². The second-order valence-corrected chi connectivity index (χ2v) is 10.7. The molecule has 0 N–H and O–H groups in total. The highest BCUT2D eigenvalue weighted by molar-refractivity contribution is 7.10. The molecule has 0 radical (unpaired) electrons. The number of amides is 2. The van der Waals surface area contributed by atoms with Crippen LogP contribution in [0.15, 0.2) is 60.0 Å². The molecule has 1 aromatic heterocycles. The van der Waals surface area contributed by atoms with Crippen molar-refractivity contribution >= 4 is 23.2 Å². The van der Waals surface area contributed by atoms with Crippen molar-refractivity contribution in [3.05, 3.63) is 76.0 Å². The Balaban J connectivity index is 1.35. The molecule has 2 aliphatic heterocycles. The first-order valence-corrected chi connectivity index (χ1v) is 14.1. The van der Waals surface area contributed by atoms with Crippen molar-refractivity contribution in [1.29, 1.82) is 0 Å². The number of methoxy groups -OCH3 is 2. The lowest BCUT2D eigenvalue weighted by atomic mass is 10.00. The van der Waals surface area contributed by atoms with Crippen LogP contribution in [0.25, 0.3) is 0 Å². The van der Waals surface area contributed by atoms with Gasteiger partial charge in [-0.15, -0.1) is 11.3 Å². The molecular weight excluding hydrogens is 516 g/mol. The van der Waals surface area contributed by atoms with Gasteiger partial charge in [0.1, 0.15) is 30.4 Å². The van der Waals surface area contributed by atoms with Crippen LogP contribution in [-0.2, 0) is 16.0 Å². The Labute approximate surface area is 233 Å².